The van der Waals surface area contributed by atoms with Crippen LogP contribution in [0.3, 0.4) is 0 Å². The van der Waals surface area contributed by atoms with Gasteiger partial charge in [0.25, 0.3) is 0 Å². The van der Waals surface area contributed by atoms with Crippen LogP contribution in [0.1, 0.15) is 37.4 Å². The Morgan fingerprint density at radius 1 is 1.24 bits per heavy atom. The van der Waals surface area contributed by atoms with Crippen molar-refractivity contribution in [3.05, 3.63) is 29.8 Å². The summed E-state index contributed by atoms with van der Waals surface area (Å²) in [6.07, 6.45) is 4.86. The second-order valence-corrected chi connectivity index (χ2v) is 5.53. The normalized spacial score (nSPS) is 32.7. The summed E-state index contributed by atoms with van der Waals surface area (Å²) in [6, 6.07) is 7.87. The molecule has 2 nitrogen and oxygen atoms in total. The predicted octanol–water partition coefficient (Wildman–Crippen LogP) is 3.16. The monoisotopic (exact) mass is 232 g/mol. The van der Waals surface area contributed by atoms with E-state index >= 15 is 0 Å². The lowest BCUT2D eigenvalue weighted by atomic mass is 9.82. The third-order valence-corrected chi connectivity index (χ3v) is 4.66. The van der Waals surface area contributed by atoms with E-state index in [0.29, 0.717) is 5.92 Å². The fourth-order valence-electron chi connectivity index (χ4n) is 3.82. The minimum absolute atomic E-state index is 0.346. The molecule has 4 atom stereocenters. The van der Waals surface area contributed by atoms with Crippen LogP contribution in [0.25, 0.3) is 0 Å². The highest BCUT2D eigenvalue weighted by atomic mass is 16.5. The first-order chi connectivity index (χ1) is 8.29. The highest BCUT2D eigenvalue weighted by Gasteiger charge is 2.43. The number of hydrogen-bond donors (Lipinski definition) is 1. The summed E-state index contributed by atoms with van der Waals surface area (Å²) in [4.78, 5) is 0. The molecule has 3 rings (SSSR count). The SMILES string of the molecule is COc1ccccc1C(O)C1CC2CCC1C2. The van der Waals surface area contributed by atoms with Crippen LogP contribution in [0.2, 0.25) is 0 Å². The van der Waals surface area contributed by atoms with Gasteiger partial charge in [-0.3, -0.25) is 0 Å². The summed E-state index contributed by atoms with van der Waals surface area (Å²) in [7, 11) is 1.67. The van der Waals surface area contributed by atoms with Gasteiger partial charge in [-0.2, -0.15) is 0 Å². The van der Waals surface area contributed by atoms with Gasteiger partial charge in [0.2, 0.25) is 0 Å². The molecule has 0 heterocycles. The Morgan fingerprint density at radius 2 is 2.06 bits per heavy atom. The van der Waals surface area contributed by atoms with Crippen molar-refractivity contribution < 1.29 is 9.84 Å². The van der Waals surface area contributed by atoms with Gasteiger partial charge in [0.15, 0.2) is 0 Å². The first-order valence-corrected chi connectivity index (χ1v) is 6.60. The first-order valence-electron chi connectivity index (χ1n) is 6.60. The molecule has 0 aromatic heterocycles. The van der Waals surface area contributed by atoms with Crippen molar-refractivity contribution in [2.75, 3.05) is 7.11 Å². The Bertz CT molecular complexity index is 402. The minimum Gasteiger partial charge on any atom is -0.496 e. The molecule has 1 N–H and O–H groups in total. The Labute approximate surface area is 103 Å². The molecule has 0 amide bonds. The van der Waals surface area contributed by atoms with E-state index in [1.54, 1.807) is 7.11 Å². The summed E-state index contributed by atoms with van der Waals surface area (Å²) in [5, 5.41) is 10.6. The lowest BCUT2D eigenvalue weighted by molar-refractivity contribution is 0.0723. The predicted molar refractivity (Wildman–Crippen MR) is 66.9 cm³/mol. The molecule has 1 aromatic rings. The summed E-state index contributed by atoms with van der Waals surface area (Å²) in [5.74, 6) is 2.88. The molecule has 17 heavy (non-hydrogen) atoms. The molecule has 2 heteroatoms. The molecule has 0 radical (unpaired) electrons. The number of ether oxygens (including phenoxy) is 1. The van der Waals surface area contributed by atoms with Crippen LogP contribution in [-0.4, -0.2) is 12.2 Å². The average molecular weight is 232 g/mol. The van der Waals surface area contributed by atoms with Gasteiger partial charge in [0.1, 0.15) is 5.75 Å². The van der Waals surface area contributed by atoms with Crippen LogP contribution >= 0.6 is 0 Å². The van der Waals surface area contributed by atoms with E-state index in [1.807, 2.05) is 24.3 Å². The van der Waals surface area contributed by atoms with Crippen molar-refractivity contribution in [1.29, 1.82) is 0 Å². The van der Waals surface area contributed by atoms with E-state index in [2.05, 4.69) is 0 Å². The number of aliphatic hydroxyl groups excluding tert-OH is 1. The maximum Gasteiger partial charge on any atom is 0.124 e. The number of fused-ring (bicyclic) bond motifs is 2. The number of aliphatic hydroxyl groups is 1. The van der Waals surface area contributed by atoms with E-state index in [4.69, 9.17) is 4.74 Å². The third kappa shape index (κ3) is 1.85. The lowest BCUT2D eigenvalue weighted by Gasteiger charge is -2.27. The van der Waals surface area contributed by atoms with E-state index in [-0.39, 0.29) is 6.10 Å². The van der Waals surface area contributed by atoms with Gasteiger partial charge in [-0.25, -0.2) is 0 Å². The lowest BCUT2D eigenvalue weighted by Crippen LogP contribution is -2.19. The number of benzene rings is 1. The fraction of sp³-hybridized carbons (Fsp3) is 0.600. The van der Waals surface area contributed by atoms with Gasteiger partial charge in [-0.05, 0) is 43.1 Å². The van der Waals surface area contributed by atoms with Gasteiger partial charge in [-0.1, -0.05) is 24.6 Å². The number of para-hydroxylation sites is 1. The van der Waals surface area contributed by atoms with E-state index in [1.165, 1.54) is 25.7 Å². The second kappa shape index (κ2) is 4.34. The van der Waals surface area contributed by atoms with Crippen molar-refractivity contribution in [2.45, 2.75) is 31.8 Å². The second-order valence-electron chi connectivity index (χ2n) is 5.53. The number of methoxy groups -OCH3 is 1. The summed E-state index contributed by atoms with van der Waals surface area (Å²) < 4.78 is 5.35. The van der Waals surface area contributed by atoms with Gasteiger partial charge < -0.3 is 9.84 Å². The van der Waals surface area contributed by atoms with Gasteiger partial charge in [-0.15, -0.1) is 0 Å². The molecule has 2 bridgehead atoms. The molecule has 0 spiro atoms. The summed E-state index contributed by atoms with van der Waals surface area (Å²) in [5.41, 5.74) is 0.965. The summed E-state index contributed by atoms with van der Waals surface area (Å²) in [6.45, 7) is 0. The van der Waals surface area contributed by atoms with E-state index < -0.39 is 0 Å². The average Bonchev–Trinajstić information content (AvgIpc) is 3.00. The molecule has 0 aliphatic heterocycles. The molecule has 2 saturated carbocycles. The largest absolute Gasteiger partial charge is 0.496 e. The molecule has 92 valence electrons. The van der Waals surface area contributed by atoms with Gasteiger partial charge in [0.05, 0.1) is 13.2 Å². The molecule has 0 saturated heterocycles. The molecule has 2 fully saturated rings. The van der Waals surface area contributed by atoms with Crippen molar-refractivity contribution >= 4 is 0 Å². The topological polar surface area (TPSA) is 29.5 Å². The zero-order valence-electron chi connectivity index (χ0n) is 10.3. The molecular weight excluding hydrogens is 212 g/mol. The highest BCUT2D eigenvalue weighted by molar-refractivity contribution is 5.35. The van der Waals surface area contributed by atoms with Crippen LogP contribution in [-0.2, 0) is 0 Å². The minimum atomic E-state index is -0.346. The van der Waals surface area contributed by atoms with Crippen molar-refractivity contribution in [3.63, 3.8) is 0 Å². The van der Waals surface area contributed by atoms with Crippen molar-refractivity contribution in [2.24, 2.45) is 17.8 Å². The molecular formula is C15H20O2. The quantitative estimate of drug-likeness (QED) is 0.867. The van der Waals surface area contributed by atoms with Crippen LogP contribution in [0.4, 0.5) is 0 Å². The number of hydrogen-bond acceptors (Lipinski definition) is 2. The Balaban J connectivity index is 1.84. The smallest absolute Gasteiger partial charge is 0.124 e. The van der Waals surface area contributed by atoms with E-state index in [9.17, 15) is 5.11 Å². The van der Waals surface area contributed by atoms with E-state index in [0.717, 1.165) is 23.1 Å². The van der Waals surface area contributed by atoms with Gasteiger partial charge in [0, 0.05) is 5.56 Å². The van der Waals surface area contributed by atoms with Crippen LogP contribution in [0.5, 0.6) is 5.75 Å². The molecule has 2 aliphatic carbocycles. The van der Waals surface area contributed by atoms with Crippen LogP contribution in [0.15, 0.2) is 24.3 Å². The standard InChI is InChI=1S/C15H20O2/c1-17-14-5-3-2-4-12(14)15(16)13-9-10-6-7-11(13)8-10/h2-5,10-11,13,15-16H,6-9H2,1H3. The van der Waals surface area contributed by atoms with Crippen molar-refractivity contribution in [1.82, 2.24) is 0 Å². The van der Waals surface area contributed by atoms with Gasteiger partial charge >= 0.3 is 0 Å². The molecule has 4 unspecified atom stereocenters. The molecule has 2 aliphatic rings. The van der Waals surface area contributed by atoms with Crippen molar-refractivity contribution in [3.8, 4) is 5.75 Å². The maximum absolute atomic E-state index is 10.6. The number of rotatable bonds is 3. The maximum atomic E-state index is 10.6. The zero-order chi connectivity index (χ0) is 11.8. The zero-order valence-corrected chi connectivity index (χ0v) is 10.3. The van der Waals surface area contributed by atoms with Crippen LogP contribution < -0.4 is 4.74 Å². The first kappa shape index (κ1) is 11.1. The van der Waals surface area contributed by atoms with Crippen LogP contribution in [0, 0.1) is 17.8 Å². The Kier molecular flexibility index (Phi) is 2.83. The summed E-state index contributed by atoms with van der Waals surface area (Å²) >= 11 is 0. The molecule has 1 aromatic carbocycles. The highest BCUT2D eigenvalue weighted by Crippen LogP contribution is 2.53. The Morgan fingerprint density at radius 3 is 2.71 bits per heavy atom. The third-order valence-electron chi connectivity index (χ3n) is 4.66. The fourth-order valence-corrected chi connectivity index (χ4v) is 3.82. The Hall–Kier alpha value is -1.02.